The van der Waals surface area contributed by atoms with Gasteiger partial charge in [0.2, 0.25) is 0 Å². The van der Waals surface area contributed by atoms with Crippen molar-refractivity contribution in [2.75, 3.05) is 19.1 Å². The number of anilines is 1. The Morgan fingerprint density at radius 1 is 0.974 bits per heavy atom. The number of hydrogen-bond acceptors (Lipinski definition) is 7. The maximum absolute atomic E-state index is 11.6. The van der Waals surface area contributed by atoms with Gasteiger partial charge in [0, 0.05) is 17.8 Å². The number of carboxylic acid groups (broad SMARTS) is 2. The summed E-state index contributed by atoms with van der Waals surface area (Å²) < 4.78 is 17.4. The number of methoxy groups -OCH3 is 2. The fraction of sp³-hybridized carbons (Fsp3) is 0.143. The van der Waals surface area contributed by atoms with Gasteiger partial charge in [0.1, 0.15) is 29.1 Å². The van der Waals surface area contributed by atoms with Crippen molar-refractivity contribution in [1.82, 2.24) is 10.3 Å². The zero-order valence-electron chi connectivity index (χ0n) is 20.8. The van der Waals surface area contributed by atoms with E-state index in [9.17, 15) is 19.8 Å². The maximum Gasteiger partial charge on any atom is 0.335 e. The van der Waals surface area contributed by atoms with Crippen LogP contribution in [0.4, 0.5) is 5.69 Å². The number of ether oxygens (including phenoxy) is 2. The molecule has 2 atom stereocenters. The van der Waals surface area contributed by atoms with Gasteiger partial charge in [0.15, 0.2) is 5.11 Å². The Morgan fingerprint density at radius 3 is 2.33 bits per heavy atom. The Hall–Kier alpha value is -4.90. The number of hydrogen-bond donors (Lipinski definition) is 3. The fourth-order valence-corrected chi connectivity index (χ4v) is 4.91. The number of carbonyl (C=O) groups is 2. The molecule has 10 nitrogen and oxygen atoms in total. The van der Waals surface area contributed by atoms with E-state index >= 15 is 0 Å². The third-order valence-electron chi connectivity index (χ3n) is 6.37. The third kappa shape index (κ3) is 4.87. The van der Waals surface area contributed by atoms with Gasteiger partial charge in [0.05, 0.1) is 42.8 Å². The molecule has 0 spiro atoms. The summed E-state index contributed by atoms with van der Waals surface area (Å²) in [7, 11) is 3.12. The van der Waals surface area contributed by atoms with Gasteiger partial charge in [0.25, 0.3) is 0 Å². The minimum atomic E-state index is -1.25. The lowest BCUT2D eigenvalue weighted by molar-refractivity contribution is 0.0696. The molecular weight excluding hydrogens is 522 g/mol. The average Bonchev–Trinajstić information content (AvgIpc) is 3.57. The number of benzene rings is 2. The highest BCUT2D eigenvalue weighted by Crippen LogP contribution is 2.46. The van der Waals surface area contributed by atoms with E-state index in [0.717, 1.165) is 6.07 Å². The van der Waals surface area contributed by atoms with Gasteiger partial charge in [-0.05, 0) is 66.8 Å². The number of carboxylic acids is 2. The van der Waals surface area contributed by atoms with Crippen molar-refractivity contribution in [1.29, 1.82) is 0 Å². The number of nitrogens with one attached hydrogen (secondary N) is 1. The standard InChI is InChI=1S/C28H23N3O7S/c1-36-18-6-7-22(37-2)20(14-18)31-25(24(30-28(31)39)19-5-3-4-10-29-19)23-9-8-21(38-23)15-11-16(26(32)33)13-17(12-15)27(34)35/h3-14,24-25H,1-2H3,(H,30,39)(H,32,33)(H,34,35)/t24-,25+/m0/s1. The van der Waals surface area contributed by atoms with E-state index in [0.29, 0.717) is 45.1 Å². The number of pyridine rings is 1. The molecule has 2 aromatic heterocycles. The summed E-state index contributed by atoms with van der Waals surface area (Å²) in [6, 6.07) is 17.2. The topological polar surface area (TPSA) is 134 Å². The second-order valence-corrected chi connectivity index (χ2v) is 9.03. The third-order valence-corrected chi connectivity index (χ3v) is 6.69. The van der Waals surface area contributed by atoms with E-state index < -0.39 is 24.0 Å². The Balaban J connectivity index is 1.65. The monoisotopic (exact) mass is 545 g/mol. The molecule has 3 N–H and O–H groups in total. The lowest BCUT2D eigenvalue weighted by Crippen LogP contribution is -2.29. The van der Waals surface area contributed by atoms with Crippen LogP contribution >= 0.6 is 12.2 Å². The van der Waals surface area contributed by atoms with Crippen LogP contribution < -0.4 is 19.7 Å². The number of nitrogens with zero attached hydrogens (tertiary/aromatic N) is 2. The number of aromatic carboxylic acids is 2. The second-order valence-electron chi connectivity index (χ2n) is 8.65. The minimum Gasteiger partial charge on any atom is -0.497 e. The molecule has 0 radical (unpaired) electrons. The van der Waals surface area contributed by atoms with E-state index in [-0.39, 0.29) is 11.1 Å². The summed E-state index contributed by atoms with van der Waals surface area (Å²) >= 11 is 5.77. The molecular formula is C28H23N3O7S. The highest BCUT2D eigenvalue weighted by atomic mass is 32.1. The van der Waals surface area contributed by atoms with Crippen LogP contribution in [0.15, 0.2) is 77.3 Å². The normalized spacial score (nSPS) is 16.6. The van der Waals surface area contributed by atoms with Crippen LogP contribution in [-0.4, -0.2) is 46.5 Å². The summed E-state index contributed by atoms with van der Waals surface area (Å²) in [5, 5.41) is 22.7. The molecule has 5 rings (SSSR count). The van der Waals surface area contributed by atoms with Gasteiger partial charge in [-0.3, -0.25) is 4.98 Å². The van der Waals surface area contributed by atoms with Crippen molar-refractivity contribution in [3.63, 3.8) is 0 Å². The summed E-state index contributed by atoms with van der Waals surface area (Å²) in [6.07, 6.45) is 1.68. The first-order valence-corrected chi connectivity index (χ1v) is 12.2. The molecule has 0 amide bonds. The molecule has 0 aliphatic carbocycles. The van der Waals surface area contributed by atoms with Gasteiger partial charge < -0.3 is 34.3 Å². The zero-order chi connectivity index (χ0) is 27.7. The van der Waals surface area contributed by atoms with Gasteiger partial charge in [-0.25, -0.2) is 9.59 Å². The first-order valence-electron chi connectivity index (χ1n) is 11.7. The molecule has 1 aliphatic heterocycles. The lowest BCUT2D eigenvalue weighted by atomic mass is 10.0. The van der Waals surface area contributed by atoms with E-state index in [1.54, 1.807) is 50.7 Å². The molecule has 0 bridgehead atoms. The predicted octanol–water partition coefficient (Wildman–Crippen LogP) is 4.93. The SMILES string of the molecule is COc1ccc(OC)c(N2C(=S)N[C@@H](c3ccccn3)[C@H]2c2ccc(-c3cc(C(=O)O)cc(C(=O)O)c3)o2)c1. The molecule has 0 unspecified atom stereocenters. The molecule has 1 aliphatic rings. The summed E-state index contributed by atoms with van der Waals surface area (Å²) in [4.78, 5) is 29.7. The van der Waals surface area contributed by atoms with Crippen molar-refractivity contribution >= 4 is 35.0 Å². The highest BCUT2D eigenvalue weighted by Gasteiger charge is 2.43. The number of aromatic nitrogens is 1. The Kier molecular flexibility index (Phi) is 6.90. The first kappa shape index (κ1) is 25.7. The van der Waals surface area contributed by atoms with Crippen molar-refractivity contribution in [3.05, 3.63) is 95.5 Å². The average molecular weight is 546 g/mol. The Labute approximate surface area is 228 Å². The van der Waals surface area contributed by atoms with Gasteiger partial charge in [-0.2, -0.15) is 0 Å². The first-order chi connectivity index (χ1) is 18.8. The molecule has 1 fully saturated rings. The van der Waals surface area contributed by atoms with Crippen molar-refractivity contribution in [3.8, 4) is 22.8 Å². The van der Waals surface area contributed by atoms with Crippen molar-refractivity contribution < 1.29 is 33.7 Å². The molecule has 198 valence electrons. The Morgan fingerprint density at radius 2 is 1.72 bits per heavy atom. The summed E-state index contributed by atoms with van der Waals surface area (Å²) in [6.45, 7) is 0. The van der Waals surface area contributed by atoms with Crippen molar-refractivity contribution in [2.45, 2.75) is 12.1 Å². The fourth-order valence-electron chi connectivity index (χ4n) is 4.57. The van der Waals surface area contributed by atoms with Crippen molar-refractivity contribution in [2.24, 2.45) is 0 Å². The largest absolute Gasteiger partial charge is 0.497 e. The highest BCUT2D eigenvalue weighted by molar-refractivity contribution is 7.80. The van der Waals surface area contributed by atoms with Crippen LogP contribution in [-0.2, 0) is 0 Å². The predicted molar refractivity (Wildman–Crippen MR) is 146 cm³/mol. The van der Waals surface area contributed by atoms with Crippen LogP contribution in [0.2, 0.25) is 0 Å². The minimum absolute atomic E-state index is 0.166. The van der Waals surface area contributed by atoms with E-state index in [2.05, 4.69) is 10.3 Å². The second kappa shape index (κ2) is 10.5. The van der Waals surface area contributed by atoms with Gasteiger partial charge in [-0.1, -0.05) is 6.07 Å². The molecule has 2 aromatic carbocycles. The molecule has 4 aromatic rings. The number of furan rings is 1. The van der Waals surface area contributed by atoms with Crippen LogP contribution in [0, 0.1) is 0 Å². The molecule has 3 heterocycles. The number of thiocarbonyl (C=S) groups is 1. The maximum atomic E-state index is 11.6. The quantitative estimate of drug-likeness (QED) is 0.260. The molecule has 39 heavy (non-hydrogen) atoms. The molecule has 11 heteroatoms. The van der Waals surface area contributed by atoms with Crippen LogP contribution in [0.3, 0.4) is 0 Å². The van der Waals surface area contributed by atoms with Crippen LogP contribution in [0.25, 0.3) is 11.3 Å². The summed E-state index contributed by atoms with van der Waals surface area (Å²) in [5.74, 6) is -0.564. The smallest absolute Gasteiger partial charge is 0.335 e. The van der Waals surface area contributed by atoms with E-state index in [4.69, 9.17) is 26.1 Å². The van der Waals surface area contributed by atoms with E-state index in [1.807, 2.05) is 23.1 Å². The van der Waals surface area contributed by atoms with Crippen LogP contribution in [0.1, 0.15) is 44.3 Å². The van der Waals surface area contributed by atoms with Crippen LogP contribution in [0.5, 0.6) is 11.5 Å². The Bertz CT molecular complexity index is 1540. The lowest BCUT2D eigenvalue weighted by Gasteiger charge is -2.27. The molecule has 0 saturated carbocycles. The van der Waals surface area contributed by atoms with E-state index in [1.165, 1.54) is 12.1 Å². The van der Waals surface area contributed by atoms with Gasteiger partial charge in [-0.15, -0.1) is 0 Å². The van der Waals surface area contributed by atoms with Gasteiger partial charge >= 0.3 is 11.9 Å². The zero-order valence-corrected chi connectivity index (χ0v) is 21.6. The summed E-state index contributed by atoms with van der Waals surface area (Å²) in [5.41, 5.74) is 1.33. The molecule has 1 saturated heterocycles. The number of rotatable bonds is 8.